The quantitative estimate of drug-likeness (QED) is 0.788. The van der Waals surface area contributed by atoms with E-state index < -0.39 is 0 Å². The first-order valence-electron chi connectivity index (χ1n) is 4.90. The third kappa shape index (κ3) is 2.24. The number of hydrogen-bond donors (Lipinski definition) is 1. The van der Waals surface area contributed by atoms with E-state index in [1.54, 1.807) is 4.90 Å². The molecule has 5 heteroatoms. The number of imide groups is 1. The van der Waals surface area contributed by atoms with Gasteiger partial charge in [0.25, 0.3) is 0 Å². The molecule has 0 aromatic heterocycles. The molecule has 0 unspecified atom stereocenters. The van der Waals surface area contributed by atoms with Crippen molar-refractivity contribution in [1.82, 2.24) is 5.32 Å². The summed E-state index contributed by atoms with van der Waals surface area (Å²) in [6, 6.07) is 5.83. The van der Waals surface area contributed by atoms with Gasteiger partial charge in [-0.3, -0.25) is 14.9 Å². The topological polar surface area (TPSA) is 49.4 Å². The highest BCUT2D eigenvalue weighted by molar-refractivity contribution is 9.10. The second kappa shape index (κ2) is 4.25. The largest absolute Gasteiger partial charge is 0.352 e. The lowest BCUT2D eigenvalue weighted by Gasteiger charge is -2.28. The molecule has 0 atom stereocenters. The third-order valence-electron chi connectivity index (χ3n) is 2.39. The smallest absolute Gasteiger partial charge is 0.246 e. The van der Waals surface area contributed by atoms with E-state index in [-0.39, 0.29) is 24.9 Å². The van der Waals surface area contributed by atoms with Crippen LogP contribution in [0.1, 0.15) is 5.56 Å². The molecule has 1 heterocycles. The molecule has 0 saturated carbocycles. The molecule has 2 rings (SSSR count). The van der Waals surface area contributed by atoms with Gasteiger partial charge in [-0.05, 0) is 40.5 Å². The Bertz CT molecular complexity index is 443. The van der Waals surface area contributed by atoms with Crippen molar-refractivity contribution in [2.24, 2.45) is 0 Å². The van der Waals surface area contributed by atoms with E-state index in [1.807, 2.05) is 25.1 Å². The molecule has 0 aliphatic carbocycles. The van der Waals surface area contributed by atoms with Crippen LogP contribution in [-0.4, -0.2) is 24.9 Å². The maximum Gasteiger partial charge on any atom is 0.246 e. The summed E-state index contributed by atoms with van der Waals surface area (Å²) < 4.78 is 0.898. The Morgan fingerprint density at radius 1 is 1.25 bits per heavy atom. The number of benzene rings is 1. The van der Waals surface area contributed by atoms with Gasteiger partial charge in [-0.25, -0.2) is 0 Å². The lowest BCUT2D eigenvalue weighted by Crippen LogP contribution is -2.51. The van der Waals surface area contributed by atoms with E-state index in [2.05, 4.69) is 21.2 Å². The zero-order valence-corrected chi connectivity index (χ0v) is 10.4. The molecule has 1 fully saturated rings. The van der Waals surface area contributed by atoms with Crippen molar-refractivity contribution >= 4 is 33.4 Å². The van der Waals surface area contributed by atoms with Crippen LogP contribution in [0.2, 0.25) is 0 Å². The Kier molecular flexibility index (Phi) is 2.96. The zero-order valence-electron chi connectivity index (χ0n) is 8.79. The number of nitrogens with zero attached hydrogens (tertiary/aromatic N) is 1. The Hall–Kier alpha value is -1.36. The van der Waals surface area contributed by atoms with Crippen LogP contribution in [0.4, 0.5) is 5.69 Å². The molecule has 1 aromatic carbocycles. The maximum absolute atomic E-state index is 11.2. The van der Waals surface area contributed by atoms with Gasteiger partial charge in [-0.15, -0.1) is 0 Å². The minimum atomic E-state index is -0.260. The van der Waals surface area contributed by atoms with Crippen molar-refractivity contribution in [3.63, 3.8) is 0 Å². The van der Waals surface area contributed by atoms with Crippen LogP contribution in [-0.2, 0) is 9.59 Å². The third-order valence-corrected chi connectivity index (χ3v) is 3.03. The lowest BCUT2D eigenvalue weighted by molar-refractivity contribution is -0.130. The summed E-state index contributed by atoms with van der Waals surface area (Å²) in [5.74, 6) is -0.521. The number of hydrogen-bond acceptors (Lipinski definition) is 3. The number of rotatable bonds is 1. The average Bonchev–Trinajstić information content (AvgIpc) is 2.15. The number of anilines is 1. The molecule has 1 aromatic rings. The number of carbonyl (C=O) groups is 2. The molecular weight excluding hydrogens is 272 g/mol. The van der Waals surface area contributed by atoms with Gasteiger partial charge in [0.1, 0.15) is 0 Å². The maximum atomic E-state index is 11.2. The summed E-state index contributed by atoms with van der Waals surface area (Å²) in [7, 11) is 0. The first kappa shape index (κ1) is 11.1. The average molecular weight is 283 g/mol. The summed E-state index contributed by atoms with van der Waals surface area (Å²) in [5, 5.41) is 2.28. The minimum Gasteiger partial charge on any atom is -0.352 e. The van der Waals surface area contributed by atoms with Crippen molar-refractivity contribution in [2.75, 3.05) is 18.0 Å². The normalized spacial score (nSPS) is 16.2. The monoisotopic (exact) mass is 282 g/mol. The fraction of sp³-hybridized carbons (Fsp3) is 0.273. The zero-order chi connectivity index (χ0) is 11.7. The predicted molar refractivity (Wildman–Crippen MR) is 64.2 cm³/mol. The second-order valence-corrected chi connectivity index (χ2v) is 4.64. The number of nitrogens with one attached hydrogen (secondary N) is 1. The van der Waals surface area contributed by atoms with E-state index in [4.69, 9.17) is 0 Å². The Labute approximate surface area is 102 Å². The van der Waals surface area contributed by atoms with Crippen LogP contribution in [0.3, 0.4) is 0 Å². The first-order valence-corrected chi connectivity index (χ1v) is 5.69. The van der Waals surface area contributed by atoms with Crippen molar-refractivity contribution in [3.05, 3.63) is 28.2 Å². The summed E-state index contributed by atoms with van der Waals surface area (Å²) in [5.41, 5.74) is 2.00. The number of carbonyl (C=O) groups excluding carboxylic acids is 2. The standard InChI is InChI=1S/C11H11BrN2O2/c1-7-2-3-9(8(12)4-7)14-5-10(15)13-11(16)6-14/h2-4H,5-6H2,1H3,(H,13,15,16). The van der Waals surface area contributed by atoms with Gasteiger partial charge in [0.15, 0.2) is 0 Å². The fourth-order valence-corrected chi connectivity index (χ4v) is 2.42. The van der Waals surface area contributed by atoms with E-state index in [0.29, 0.717) is 0 Å². The number of amides is 2. The van der Waals surface area contributed by atoms with Crippen LogP contribution in [0.5, 0.6) is 0 Å². The molecule has 2 amide bonds. The van der Waals surface area contributed by atoms with Gasteiger partial charge in [0.05, 0.1) is 18.8 Å². The Morgan fingerprint density at radius 2 is 1.88 bits per heavy atom. The Balaban J connectivity index is 2.29. The van der Waals surface area contributed by atoms with E-state index in [9.17, 15) is 9.59 Å². The highest BCUT2D eigenvalue weighted by Gasteiger charge is 2.23. The molecule has 1 aliphatic rings. The highest BCUT2D eigenvalue weighted by atomic mass is 79.9. The van der Waals surface area contributed by atoms with Crippen molar-refractivity contribution < 1.29 is 9.59 Å². The minimum absolute atomic E-state index is 0.216. The lowest BCUT2D eigenvalue weighted by atomic mass is 10.2. The molecule has 0 radical (unpaired) electrons. The van der Waals surface area contributed by atoms with Gasteiger partial charge in [-0.1, -0.05) is 6.07 Å². The van der Waals surface area contributed by atoms with E-state index >= 15 is 0 Å². The van der Waals surface area contributed by atoms with Crippen LogP contribution < -0.4 is 10.2 Å². The van der Waals surface area contributed by atoms with Gasteiger partial charge in [-0.2, -0.15) is 0 Å². The van der Waals surface area contributed by atoms with Gasteiger partial charge in [0.2, 0.25) is 11.8 Å². The molecular formula is C11H11BrN2O2. The molecule has 4 nitrogen and oxygen atoms in total. The summed E-state index contributed by atoms with van der Waals surface area (Å²) >= 11 is 3.44. The van der Waals surface area contributed by atoms with Crippen LogP contribution in [0.15, 0.2) is 22.7 Å². The van der Waals surface area contributed by atoms with Crippen molar-refractivity contribution in [3.8, 4) is 0 Å². The summed E-state index contributed by atoms with van der Waals surface area (Å²) in [6.07, 6.45) is 0. The second-order valence-electron chi connectivity index (χ2n) is 3.78. The summed E-state index contributed by atoms with van der Waals surface area (Å²) in [6.45, 7) is 2.42. The predicted octanol–water partition coefficient (Wildman–Crippen LogP) is 1.22. The molecule has 1 N–H and O–H groups in total. The first-order chi connectivity index (χ1) is 7.56. The van der Waals surface area contributed by atoms with Crippen LogP contribution in [0.25, 0.3) is 0 Å². The van der Waals surface area contributed by atoms with Gasteiger partial charge in [0, 0.05) is 4.47 Å². The van der Waals surface area contributed by atoms with Gasteiger partial charge >= 0.3 is 0 Å². The Morgan fingerprint density at radius 3 is 2.44 bits per heavy atom. The molecule has 0 spiro atoms. The highest BCUT2D eigenvalue weighted by Crippen LogP contribution is 2.27. The number of halogens is 1. The van der Waals surface area contributed by atoms with Crippen LogP contribution in [0, 0.1) is 6.92 Å². The summed E-state index contributed by atoms with van der Waals surface area (Å²) in [4.78, 5) is 24.2. The molecule has 1 saturated heterocycles. The van der Waals surface area contributed by atoms with Gasteiger partial charge < -0.3 is 4.90 Å². The van der Waals surface area contributed by atoms with E-state index in [1.165, 1.54) is 0 Å². The molecule has 84 valence electrons. The fourth-order valence-electron chi connectivity index (χ4n) is 1.68. The molecule has 1 aliphatic heterocycles. The van der Waals surface area contributed by atoms with Crippen molar-refractivity contribution in [2.45, 2.75) is 6.92 Å². The molecule has 16 heavy (non-hydrogen) atoms. The van der Waals surface area contributed by atoms with Crippen LogP contribution >= 0.6 is 15.9 Å². The SMILES string of the molecule is Cc1ccc(N2CC(=O)NC(=O)C2)c(Br)c1. The van der Waals surface area contributed by atoms with E-state index in [0.717, 1.165) is 15.7 Å². The molecule has 0 bridgehead atoms. The number of piperazine rings is 1. The number of aryl methyl sites for hydroxylation is 1. The van der Waals surface area contributed by atoms with Crippen molar-refractivity contribution in [1.29, 1.82) is 0 Å².